The molecule has 0 radical (unpaired) electrons. The number of para-hydroxylation sites is 1. The number of carbonyl (C=O) groups excluding carboxylic acids is 1. The first-order valence-corrected chi connectivity index (χ1v) is 11.9. The van der Waals surface area contributed by atoms with Gasteiger partial charge in [0, 0.05) is 33.8 Å². The van der Waals surface area contributed by atoms with Gasteiger partial charge in [0.1, 0.15) is 18.0 Å². The summed E-state index contributed by atoms with van der Waals surface area (Å²) < 4.78 is 6.28. The molecule has 0 bridgehead atoms. The van der Waals surface area contributed by atoms with Gasteiger partial charge >= 0.3 is 0 Å². The molecule has 0 amide bonds. The molecule has 4 atom stereocenters. The summed E-state index contributed by atoms with van der Waals surface area (Å²) in [5.74, 6) is 1.12. The number of ketones is 1. The van der Waals surface area contributed by atoms with Crippen LogP contribution in [0.4, 0.5) is 0 Å². The van der Waals surface area contributed by atoms with Gasteiger partial charge < -0.3 is 15.2 Å². The second kappa shape index (κ2) is 9.62. The van der Waals surface area contributed by atoms with Gasteiger partial charge in [0.05, 0.1) is 0 Å². The van der Waals surface area contributed by atoms with Gasteiger partial charge in [0.15, 0.2) is 5.78 Å². The maximum Gasteiger partial charge on any atom is 0.168 e. The molecule has 1 aromatic heterocycles. The highest BCUT2D eigenvalue weighted by molar-refractivity contribution is 7.12. The Morgan fingerprint density at radius 1 is 1.19 bits per heavy atom. The molecule has 170 valence electrons. The lowest BCUT2D eigenvalue weighted by Gasteiger charge is -2.27. The van der Waals surface area contributed by atoms with Crippen LogP contribution in [0, 0.1) is 12.8 Å². The quantitative estimate of drug-likeness (QED) is 0.649. The number of hydrogen-bond acceptors (Lipinski definition) is 5. The molecule has 0 saturated heterocycles. The molecule has 1 aromatic carbocycles. The Kier molecular flexibility index (Phi) is 7.52. The number of ether oxygens (including phenoxy) is 1. The Balaban J connectivity index is 0.00000272. The third kappa shape index (κ3) is 5.16. The number of fused-ring (bicyclic) bond motifs is 1. The summed E-state index contributed by atoms with van der Waals surface area (Å²) >= 11 is 1.75. The standard InChI is InChI=1S/C25H33NO3S.ClH/c1-15-13-17-22(30-15)12-9-16(23(17)27)14-26-19-10-11-21(24(19)28)29-20-8-6-5-7-18(20)25(2,3)4;/h5-8,13,16,19,21,24,26,28H,9-12,14H2,1-4H3;1H. The number of benzene rings is 1. The Morgan fingerprint density at radius 2 is 1.94 bits per heavy atom. The fourth-order valence-electron chi connectivity index (χ4n) is 4.75. The average Bonchev–Trinajstić information content (AvgIpc) is 3.24. The largest absolute Gasteiger partial charge is 0.487 e. The molecule has 4 rings (SSSR count). The molecule has 4 nitrogen and oxygen atoms in total. The van der Waals surface area contributed by atoms with Crippen LogP contribution < -0.4 is 10.1 Å². The highest BCUT2D eigenvalue weighted by Gasteiger charge is 2.38. The topological polar surface area (TPSA) is 58.6 Å². The van der Waals surface area contributed by atoms with E-state index in [9.17, 15) is 9.90 Å². The molecule has 2 aromatic rings. The molecular formula is C25H34ClNO3S. The summed E-state index contributed by atoms with van der Waals surface area (Å²) in [6.45, 7) is 9.21. The number of aryl methyl sites for hydroxylation is 2. The molecule has 0 aliphatic heterocycles. The van der Waals surface area contributed by atoms with Crippen molar-refractivity contribution in [2.24, 2.45) is 5.92 Å². The summed E-state index contributed by atoms with van der Waals surface area (Å²) in [6, 6.07) is 10.1. The molecule has 1 saturated carbocycles. The molecular weight excluding hydrogens is 430 g/mol. The number of Topliss-reactive ketones (excluding diaryl/α,β-unsaturated/α-hetero) is 1. The SMILES string of the molecule is Cc1cc2c(s1)CCC(CNC1CCC(Oc3ccccc3C(C)(C)C)C1O)C2=O.Cl. The zero-order valence-corrected chi connectivity index (χ0v) is 20.4. The number of halogens is 1. The van der Waals surface area contributed by atoms with E-state index in [2.05, 4.69) is 39.1 Å². The average molecular weight is 464 g/mol. The van der Waals surface area contributed by atoms with Crippen LogP contribution in [0.15, 0.2) is 30.3 Å². The summed E-state index contributed by atoms with van der Waals surface area (Å²) in [4.78, 5) is 15.3. The van der Waals surface area contributed by atoms with Gasteiger partial charge in [-0.05, 0) is 55.7 Å². The smallest absolute Gasteiger partial charge is 0.168 e. The van der Waals surface area contributed by atoms with E-state index in [0.29, 0.717) is 6.54 Å². The molecule has 2 aliphatic rings. The Bertz CT molecular complexity index is 920. The zero-order chi connectivity index (χ0) is 21.5. The van der Waals surface area contributed by atoms with E-state index < -0.39 is 6.10 Å². The normalized spacial score (nSPS) is 25.8. The van der Waals surface area contributed by atoms with Gasteiger partial charge in [-0.25, -0.2) is 0 Å². The fraction of sp³-hybridized carbons (Fsp3) is 0.560. The van der Waals surface area contributed by atoms with E-state index >= 15 is 0 Å². The molecule has 6 heteroatoms. The second-order valence-corrected chi connectivity index (χ2v) is 11.1. The van der Waals surface area contributed by atoms with Crippen molar-refractivity contribution in [3.63, 3.8) is 0 Å². The summed E-state index contributed by atoms with van der Waals surface area (Å²) in [7, 11) is 0. The Labute approximate surface area is 195 Å². The maximum atomic E-state index is 12.8. The second-order valence-electron chi connectivity index (χ2n) is 9.78. The van der Waals surface area contributed by atoms with Crippen molar-refractivity contribution in [3.8, 4) is 5.75 Å². The van der Waals surface area contributed by atoms with Crippen molar-refractivity contribution in [2.45, 2.75) is 77.0 Å². The van der Waals surface area contributed by atoms with Crippen molar-refractivity contribution in [1.82, 2.24) is 5.32 Å². The van der Waals surface area contributed by atoms with E-state index in [4.69, 9.17) is 4.74 Å². The first kappa shape index (κ1) is 24.2. The van der Waals surface area contributed by atoms with Crippen molar-refractivity contribution in [2.75, 3.05) is 6.54 Å². The van der Waals surface area contributed by atoms with Crippen LogP contribution in [0.3, 0.4) is 0 Å². The van der Waals surface area contributed by atoms with Gasteiger partial charge in [-0.2, -0.15) is 0 Å². The maximum absolute atomic E-state index is 12.8. The first-order valence-electron chi connectivity index (χ1n) is 11.0. The lowest BCUT2D eigenvalue weighted by molar-refractivity contribution is 0.0432. The number of hydrogen-bond donors (Lipinski definition) is 2. The van der Waals surface area contributed by atoms with E-state index in [-0.39, 0.29) is 41.7 Å². The minimum Gasteiger partial charge on any atom is -0.487 e. The van der Waals surface area contributed by atoms with Crippen LogP contribution in [-0.4, -0.2) is 35.7 Å². The predicted molar refractivity (Wildman–Crippen MR) is 129 cm³/mol. The molecule has 1 heterocycles. The van der Waals surface area contributed by atoms with Gasteiger partial charge in [-0.3, -0.25) is 4.79 Å². The third-order valence-electron chi connectivity index (χ3n) is 6.44. The summed E-state index contributed by atoms with van der Waals surface area (Å²) in [6.07, 6.45) is 2.74. The Hall–Kier alpha value is -1.40. The van der Waals surface area contributed by atoms with Crippen molar-refractivity contribution in [1.29, 1.82) is 0 Å². The fourth-order valence-corrected chi connectivity index (χ4v) is 5.80. The van der Waals surface area contributed by atoms with Crippen LogP contribution in [-0.2, 0) is 11.8 Å². The number of nitrogens with one attached hydrogen (secondary N) is 1. The molecule has 2 aliphatic carbocycles. The van der Waals surface area contributed by atoms with Crippen LogP contribution >= 0.6 is 23.7 Å². The molecule has 2 N–H and O–H groups in total. The minimum atomic E-state index is -0.573. The zero-order valence-electron chi connectivity index (χ0n) is 18.8. The number of aliphatic hydroxyl groups excluding tert-OH is 1. The first-order chi connectivity index (χ1) is 14.2. The summed E-state index contributed by atoms with van der Waals surface area (Å²) in [5, 5.41) is 14.4. The van der Waals surface area contributed by atoms with E-state index in [1.54, 1.807) is 11.3 Å². The molecule has 0 spiro atoms. The lowest BCUT2D eigenvalue weighted by Crippen LogP contribution is -2.44. The lowest BCUT2D eigenvalue weighted by atomic mass is 9.86. The van der Waals surface area contributed by atoms with E-state index in [1.165, 1.54) is 9.75 Å². The summed E-state index contributed by atoms with van der Waals surface area (Å²) in [5.41, 5.74) is 2.06. The van der Waals surface area contributed by atoms with Crippen molar-refractivity contribution >= 4 is 29.5 Å². The third-order valence-corrected chi connectivity index (χ3v) is 7.55. The molecule has 1 fully saturated rings. The number of carbonyl (C=O) groups is 1. The minimum absolute atomic E-state index is 0. The van der Waals surface area contributed by atoms with Crippen LogP contribution in [0.5, 0.6) is 5.75 Å². The van der Waals surface area contributed by atoms with Gasteiger partial charge in [0.2, 0.25) is 0 Å². The van der Waals surface area contributed by atoms with Crippen LogP contribution in [0.2, 0.25) is 0 Å². The van der Waals surface area contributed by atoms with Crippen LogP contribution in [0.25, 0.3) is 0 Å². The van der Waals surface area contributed by atoms with Crippen LogP contribution in [0.1, 0.15) is 65.7 Å². The number of rotatable bonds is 5. The van der Waals surface area contributed by atoms with Crippen molar-refractivity contribution < 1.29 is 14.6 Å². The number of thiophene rings is 1. The Morgan fingerprint density at radius 3 is 2.68 bits per heavy atom. The van der Waals surface area contributed by atoms with E-state index in [1.807, 2.05) is 24.3 Å². The monoisotopic (exact) mass is 463 g/mol. The highest BCUT2D eigenvalue weighted by Crippen LogP contribution is 2.35. The predicted octanol–water partition coefficient (Wildman–Crippen LogP) is 5.08. The van der Waals surface area contributed by atoms with Gasteiger partial charge in [-0.15, -0.1) is 23.7 Å². The van der Waals surface area contributed by atoms with E-state index in [0.717, 1.165) is 42.6 Å². The number of aliphatic hydroxyl groups is 1. The van der Waals surface area contributed by atoms with Gasteiger partial charge in [-0.1, -0.05) is 39.0 Å². The molecule has 31 heavy (non-hydrogen) atoms. The molecule has 4 unspecified atom stereocenters. The van der Waals surface area contributed by atoms with Gasteiger partial charge in [0.25, 0.3) is 0 Å². The van der Waals surface area contributed by atoms with Crippen molar-refractivity contribution in [3.05, 3.63) is 51.2 Å². The highest BCUT2D eigenvalue weighted by atomic mass is 35.5.